The Morgan fingerprint density at radius 2 is 2.10 bits per heavy atom. The summed E-state index contributed by atoms with van der Waals surface area (Å²) in [5, 5.41) is 6.48. The first-order valence-electron chi connectivity index (χ1n) is 10.7. The van der Waals surface area contributed by atoms with Gasteiger partial charge in [0.2, 0.25) is 5.91 Å². The predicted molar refractivity (Wildman–Crippen MR) is 117 cm³/mol. The van der Waals surface area contributed by atoms with Crippen molar-refractivity contribution in [3.63, 3.8) is 0 Å². The Bertz CT molecular complexity index is 665. The van der Waals surface area contributed by atoms with Gasteiger partial charge >= 0.3 is 0 Å². The molecule has 2 rings (SSSR count). The molecule has 1 aromatic carbocycles. The molecule has 1 aliphatic rings. The van der Waals surface area contributed by atoms with E-state index >= 15 is 0 Å². The molecule has 29 heavy (non-hydrogen) atoms. The minimum absolute atomic E-state index is 0.0895. The van der Waals surface area contributed by atoms with Gasteiger partial charge in [0.15, 0.2) is 5.96 Å². The van der Waals surface area contributed by atoms with Crippen molar-refractivity contribution in [3.05, 3.63) is 24.3 Å². The van der Waals surface area contributed by atoms with Crippen molar-refractivity contribution in [1.29, 1.82) is 0 Å². The van der Waals surface area contributed by atoms with Crippen LogP contribution in [-0.4, -0.2) is 62.2 Å². The maximum Gasteiger partial charge on any atom is 0.224 e. The van der Waals surface area contributed by atoms with E-state index in [1.165, 1.54) is 6.42 Å². The molecule has 1 fully saturated rings. The number of guanidine groups is 1. The molecule has 0 saturated carbocycles. The van der Waals surface area contributed by atoms with Crippen molar-refractivity contribution in [1.82, 2.24) is 15.5 Å². The number of nitrogens with zero attached hydrogens (tertiary/aromatic N) is 2. The Morgan fingerprint density at radius 3 is 2.83 bits per heavy atom. The maximum absolute atomic E-state index is 12.5. The third-order valence-corrected chi connectivity index (χ3v) is 4.98. The Balaban J connectivity index is 1.79. The number of methoxy groups -OCH3 is 1. The molecule has 0 radical (unpaired) electrons. The minimum Gasteiger partial charge on any atom is -0.497 e. The number of benzene rings is 1. The summed E-state index contributed by atoms with van der Waals surface area (Å²) in [5.41, 5.74) is 0. The lowest BCUT2D eigenvalue weighted by molar-refractivity contribution is -0.134. The van der Waals surface area contributed by atoms with Crippen molar-refractivity contribution < 1.29 is 14.3 Å². The average molecular weight is 405 g/mol. The predicted octanol–water partition coefficient (Wildman–Crippen LogP) is 2.81. The van der Waals surface area contributed by atoms with Crippen LogP contribution < -0.4 is 20.1 Å². The van der Waals surface area contributed by atoms with E-state index in [1.54, 1.807) is 7.11 Å². The summed E-state index contributed by atoms with van der Waals surface area (Å²) in [6.45, 7) is 8.85. The van der Waals surface area contributed by atoms with E-state index in [9.17, 15) is 4.79 Å². The second-order valence-corrected chi connectivity index (χ2v) is 7.44. The van der Waals surface area contributed by atoms with Gasteiger partial charge in [-0.15, -0.1) is 0 Å². The quantitative estimate of drug-likeness (QED) is 0.489. The molecule has 0 spiro atoms. The van der Waals surface area contributed by atoms with Gasteiger partial charge in [-0.1, -0.05) is 6.07 Å². The Kier molecular flexibility index (Phi) is 9.60. The van der Waals surface area contributed by atoms with Gasteiger partial charge in [-0.2, -0.15) is 0 Å². The lowest BCUT2D eigenvalue weighted by Gasteiger charge is -2.33. The Morgan fingerprint density at radius 1 is 1.31 bits per heavy atom. The lowest BCUT2D eigenvalue weighted by atomic mass is 10.0. The van der Waals surface area contributed by atoms with E-state index in [0.29, 0.717) is 31.5 Å². The summed E-state index contributed by atoms with van der Waals surface area (Å²) in [6.07, 6.45) is 3.82. The van der Waals surface area contributed by atoms with Crippen LogP contribution in [0.1, 0.15) is 46.5 Å². The van der Waals surface area contributed by atoms with Crippen molar-refractivity contribution in [3.8, 4) is 11.5 Å². The lowest BCUT2D eigenvalue weighted by Crippen LogP contribution is -2.44. The van der Waals surface area contributed by atoms with Gasteiger partial charge in [-0.3, -0.25) is 4.79 Å². The van der Waals surface area contributed by atoms with Crippen molar-refractivity contribution in [2.24, 2.45) is 4.99 Å². The number of aliphatic imine (C=N–C) groups is 1. The van der Waals surface area contributed by atoms with Crippen molar-refractivity contribution in [2.75, 3.05) is 33.3 Å². The molecule has 1 heterocycles. The summed E-state index contributed by atoms with van der Waals surface area (Å²) in [7, 11) is 1.64. The highest BCUT2D eigenvalue weighted by molar-refractivity contribution is 5.81. The highest BCUT2D eigenvalue weighted by Gasteiger charge is 2.22. The molecule has 7 nitrogen and oxygen atoms in total. The maximum atomic E-state index is 12.5. The van der Waals surface area contributed by atoms with Crippen LogP contribution in [0.3, 0.4) is 0 Å². The van der Waals surface area contributed by atoms with E-state index in [4.69, 9.17) is 9.47 Å². The summed E-state index contributed by atoms with van der Waals surface area (Å²) >= 11 is 0. The summed E-state index contributed by atoms with van der Waals surface area (Å²) in [5.74, 6) is 2.44. The number of carbonyl (C=O) groups excluding carboxylic acids is 1. The number of hydrogen-bond acceptors (Lipinski definition) is 4. The summed E-state index contributed by atoms with van der Waals surface area (Å²) in [6, 6.07) is 7.90. The second-order valence-electron chi connectivity index (χ2n) is 7.44. The van der Waals surface area contributed by atoms with E-state index in [-0.39, 0.29) is 12.0 Å². The number of carbonyl (C=O) groups is 1. The number of likely N-dealkylation sites (tertiary alicyclic amines) is 1. The minimum atomic E-state index is -0.0895. The summed E-state index contributed by atoms with van der Waals surface area (Å²) in [4.78, 5) is 19.1. The van der Waals surface area contributed by atoms with Gasteiger partial charge in [0.25, 0.3) is 0 Å². The fourth-order valence-electron chi connectivity index (χ4n) is 3.41. The van der Waals surface area contributed by atoms with Crippen LogP contribution in [0.2, 0.25) is 0 Å². The number of amides is 1. The molecule has 1 aliphatic heterocycles. The number of rotatable bonds is 9. The molecular weight excluding hydrogens is 368 g/mol. The van der Waals surface area contributed by atoms with Crippen molar-refractivity contribution in [2.45, 2.75) is 58.6 Å². The molecule has 1 aromatic rings. The first kappa shape index (κ1) is 22.8. The van der Waals surface area contributed by atoms with E-state index in [2.05, 4.69) is 22.5 Å². The number of hydrogen-bond donors (Lipinski definition) is 2. The molecule has 7 heteroatoms. The third-order valence-electron chi connectivity index (χ3n) is 4.98. The van der Waals surface area contributed by atoms with Crippen LogP contribution in [0, 0.1) is 0 Å². The first-order chi connectivity index (χ1) is 14.0. The van der Waals surface area contributed by atoms with Gasteiger partial charge in [0.1, 0.15) is 17.6 Å². The standard InChI is InChI=1S/C22H36N4O3/c1-5-23-22(24-13-12-21(27)26-14-7-6-9-17(26)2)25-16-18(3)29-20-11-8-10-19(15-20)28-4/h8,10-11,15,17-18H,5-7,9,12-14,16H2,1-4H3,(H2,23,24,25). The number of nitrogens with one attached hydrogen (secondary N) is 2. The van der Waals surface area contributed by atoms with Crippen LogP contribution in [0.25, 0.3) is 0 Å². The van der Waals surface area contributed by atoms with E-state index in [0.717, 1.165) is 37.4 Å². The van der Waals surface area contributed by atoms with E-state index in [1.807, 2.05) is 43.0 Å². The van der Waals surface area contributed by atoms with Gasteiger partial charge in [0.05, 0.1) is 13.7 Å². The van der Waals surface area contributed by atoms with E-state index < -0.39 is 0 Å². The topological polar surface area (TPSA) is 75.2 Å². The molecular formula is C22H36N4O3. The smallest absolute Gasteiger partial charge is 0.224 e. The molecule has 1 saturated heterocycles. The van der Waals surface area contributed by atoms with Crippen LogP contribution in [0.15, 0.2) is 29.3 Å². The Hall–Kier alpha value is -2.44. The monoisotopic (exact) mass is 404 g/mol. The second kappa shape index (κ2) is 12.2. The SMILES string of the molecule is CCNC(=NCC(C)Oc1cccc(OC)c1)NCCC(=O)N1CCCCC1C. The average Bonchev–Trinajstić information content (AvgIpc) is 2.72. The van der Waals surface area contributed by atoms with Crippen LogP contribution >= 0.6 is 0 Å². The highest BCUT2D eigenvalue weighted by Crippen LogP contribution is 2.20. The molecule has 1 amide bonds. The van der Waals surface area contributed by atoms with Gasteiger partial charge in [-0.25, -0.2) is 4.99 Å². The zero-order valence-corrected chi connectivity index (χ0v) is 18.2. The molecule has 2 atom stereocenters. The molecule has 0 aromatic heterocycles. The first-order valence-corrected chi connectivity index (χ1v) is 10.7. The fourth-order valence-corrected chi connectivity index (χ4v) is 3.41. The van der Waals surface area contributed by atoms with Crippen LogP contribution in [-0.2, 0) is 4.79 Å². The van der Waals surface area contributed by atoms with Gasteiger partial charge in [-0.05, 0) is 52.2 Å². The molecule has 2 N–H and O–H groups in total. The molecule has 162 valence electrons. The normalized spacial score (nSPS) is 18.1. The highest BCUT2D eigenvalue weighted by atomic mass is 16.5. The van der Waals surface area contributed by atoms with Crippen LogP contribution in [0.4, 0.5) is 0 Å². The summed E-state index contributed by atoms with van der Waals surface area (Å²) < 4.78 is 11.1. The van der Waals surface area contributed by atoms with Gasteiger partial charge < -0.3 is 25.0 Å². The molecule has 2 unspecified atom stereocenters. The zero-order chi connectivity index (χ0) is 21.1. The molecule has 0 bridgehead atoms. The largest absolute Gasteiger partial charge is 0.497 e. The van der Waals surface area contributed by atoms with Gasteiger partial charge in [0, 0.05) is 38.2 Å². The van der Waals surface area contributed by atoms with Crippen LogP contribution in [0.5, 0.6) is 11.5 Å². The zero-order valence-electron chi connectivity index (χ0n) is 18.2. The van der Waals surface area contributed by atoms with Crippen molar-refractivity contribution >= 4 is 11.9 Å². The number of piperidine rings is 1. The fraction of sp³-hybridized carbons (Fsp3) is 0.636. The third kappa shape index (κ3) is 7.83. The number of ether oxygens (including phenoxy) is 2. The molecule has 0 aliphatic carbocycles. The Labute approximate surface area is 174 Å².